The summed E-state index contributed by atoms with van der Waals surface area (Å²) >= 11 is 7.08. The van der Waals surface area contributed by atoms with E-state index < -0.39 is 11.9 Å². The van der Waals surface area contributed by atoms with Crippen molar-refractivity contribution in [2.24, 2.45) is 5.73 Å². The van der Waals surface area contributed by atoms with Crippen LogP contribution >= 0.6 is 22.9 Å². The van der Waals surface area contributed by atoms with Gasteiger partial charge in [0.15, 0.2) is 0 Å². The van der Waals surface area contributed by atoms with Gasteiger partial charge in [-0.15, -0.1) is 11.3 Å². The Hall–Kier alpha value is -1.10. The maximum absolute atomic E-state index is 13.0. The van der Waals surface area contributed by atoms with Gasteiger partial charge in [0.2, 0.25) is 0 Å². The normalized spacial score (nSPS) is 12.7. The molecular weight excluding hydrogens is 249 g/mol. The number of thiophene rings is 1. The van der Waals surface area contributed by atoms with Crippen molar-refractivity contribution in [2.75, 3.05) is 0 Å². The van der Waals surface area contributed by atoms with Crippen molar-refractivity contribution >= 4 is 22.9 Å². The SMILES string of the molecule is N[C@H](c1cccs1)c1ccc(F)c(Cl)c1O. The molecular formula is C11H9ClFNOS. The second-order valence-corrected chi connectivity index (χ2v) is 4.65. The molecule has 0 aliphatic carbocycles. The first-order valence-electron chi connectivity index (χ1n) is 4.57. The van der Waals surface area contributed by atoms with Gasteiger partial charge < -0.3 is 10.8 Å². The molecule has 2 rings (SSSR count). The number of phenols is 1. The van der Waals surface area contributed by atoms with Crippen molar-refractivity contribution < 1.29 is 9.50 Å². The van der Waals surface area contributed by atoms with Gasteiger partial charge in [-0.05, 0) is 17.5 Å². The molecule has 0 fully saturated rings. The van der Waals surface area contributed by atoms with E-state index in [1.165, 1.54) is 23.5 Å². The zero-order valence-corrected chi connectivity index (χ0v) is 9.73. The van der Waals surface area contributed by atoms with Crippen LogP contribution in [0.15, 0.2) is 29.6 Å². The number of nitrogens with two attached hydrogens (primary N) is 1. The molecule has 0 aliphatic heterocycles. The Morgan fingerprint density at radius 2 is 2.12 bits per heavy atom. The molecule has 0 aliphatic rings. The molecule has 2 nitrogen and oxygen atoms in total. The first kappa shape index (κ1) is 11.4. The summed E-state index contributed by atoms with van der Waals surface area (Å²) in [4.78, 5) is 0.887. The topological polar surface area (TPSA) is 46.2 Å². The number of aromatic hydroxyl groups is 1. The van der Waals surface area contributed by atoms with E-state index in [0.717, 1.165) is 4.88 Å². The van der Waals surface area contributed by atoms with Crippen LogP contribution in [0.25, 0.3) is 0 Å². The predicted octanol–water partition coefficient (Wildman–Crippen LogP) is 3.29. The highest BCUT2D eigenvalue weighted by Crippen LogP contribution is 2.36. The summed E-state index contributed by atoms with van der Waals surface area (Å²) in [6, 6.07) is 5.87. The number of rotatable bonds is 2. The van der Waals surface area contributed by atoms with Crippen molar-refractivity contribution in [3.63, 3.8) is 0 Å². The molecule has 1 atom stereocenters. The Bertz CT molecular complexity index is 501. The maximum Gasteiger partial charge on any atom is 0.145 e. The number of halogens is 2. The number of hydrogen-bond donors (Lipinski definition) is 2. The summed E-state index contributed by atoms with van der Waals surface area (Å²) in [5.74, 6) is -0.941. The zero-order valence-electron chi connectivity index (χ0n) is 8.15. The molecule has 0 amide bonds. The molecule has 1 aromatic carbocycles. The summed E-state index contributed by atoms with van der Waals surface area (Å²) < 4.78 is 13.0. The Kier molecular flexibility index (Phi) is 3.14. The Morgan fingerprint density at radius 3 is 2.75 bits per heavy atom. The van der Waals surface area contributed by atoms with E-state index in [-0.39, 0.29) is 10.8 Å². The molecule has 2 aromatic rings. The molecule has 0 saturated heterocycles. The molecule has 5 heteroatoms. The van der Waals surface area contributed by atoms with Crippen molar-refractivity contribution in [3.05, 3.63) is 50.9 Å². The summed E-state index contributed by atoms with van der Waals surface area (Å²) in [7, 11) is 0. The van der Waals surface area contributed by atoms with E-state index in [2.05, 4.69) is 0 Å². The molecule has 0 radical (unpaired) electrons. The van der Waals surface area contributed by atoms with Gasteiger partial charge in [0.1, 0.15) is 16.6 Å². The third-order valence-electron chi connectivity index (χ3n) is 2.29. The Balaban J connectivity index is 2.45. The van der Waals surface area contributed by atoms with Crippen LogP contribution in [0.1, 0.15) is 16.5 Å². The van der Waals surface area contributed by atoms with Crippen LogP contribution < -0.4 is 5.73 Å². The molecule has 1 aromatic heterocycles. The van der Waals surface area contributed by atoms with Gasteiger partial charge in [0.25, 0.3) is 0 Å². The fourth-order valence-electron chi connectivity index (χ4n) is 1.43. The summed E-state index contributed by atoms with van der Waals surface area (Å²) in [5.41, 5.74) is 6.37. The van der Waals surface area contributed by atoms with Crippen LogP contribution in [-0.2, 0) is 0 Å². The number of hydrogen-bond acceptors (Lipinski definition) is 3. The second-order valence-electron chi connectivity index (χ2n) is 3.29. The standard InChI is InChI=1S/C11H9ClFNOS/c12-9-7(13)4-3-6(11(9)15)10(14)8-2-1-5-16-8/h1-5,10,15H,14H2/t10-/m0/s1. The lowest BCUT2D eigenvalue weighted by atomic mass is 10.1. The highest BCUT2D eigenvalue weighted by atomic mass is 35.5. The lowest BCUT2D eigenvalue weighted by molar-refractivity contribution is 0.460. The van der Waals surface area contributed by atoms with Gasteiger partial charge in [-0.2, -0.15) is 0 Å². The minimum absolute atomic E-state index is 0.287. The van der Waals surface area contributed by atoms with E-state index in [4.69, 9.17) is 17.3 Å². The molecule has 84 valence electrons. The summed E-state index contributed by atoms with van der Waals surface area (Å²) in [5, 5.41) is 11.3. The monoisotopic (exact) mass is 257 g/mol. The molecule has 3 N–H and O–H groups in total. The molecule has 0 bridgehead atoms. The highest BCUT2D eigenvalue weighted by Gasteiger charge is 2.18. The summed E-state index contributed by atoms with van der Waals surface area (Å²) in [6.45, 7) is 0. The van der Waals surface area contributed by atoms with Crippen LogP contribution in [0, 0.1) is 5.82 Å². The van der Waals surface area contributed by atoms with Gasteiger partial charge in [-0.1, -0.05) is 23.7 Å². The van der Waals surface area contributed by atoms with Crippen LogP contribution in [0.5, 0.6) is 5.75 Å². The fourth-order valence-corrected chi connectivity index (χ4v) is 2.34. The average molecular weight is 258 g/mol. The number of phenolic OH excluding ortho intramolecular Hbond substituents is 1. The van der Waals surface area contributed by atoms with Crippen molar-refractivity contribution in [3.8, 4) is 5.75 Å². The minimum Gasteiger partial charge on any atom is -0.506 e. The van der Waals surface area contributed by atoms with E-state index in [1.54, 1.807) is 0 Å². The first-order valence-corrected chi connectivity index (χ1v) is 5.83. The van der Waals surface area contributed by atoms with E-state index in [1.807, 2.05) is 17.5 Å². The van der Waals surface area contributed by atoms with Crippen molar-refractivity contribution in [1.82, 2.24) is 0 Å². The van der Waals surface area contributed by atoms with Gasteiger partial charge in [-0.25, -0.2) is 4.39 Å². The van der Waals surface area contributed by atoms with E-state index >= 15 is 0 Å². The van der Waals surface area contributed by atoms with Crippen molar-refractivity contribution in [2.45, 2.75) is 6.04 Å². The zero-order chi connectivity index (χ0) is 11.7. The largest absolute Gasteiger partial charge is 0.506 e. The second kappa shape index (κ2) is 4.41. The molecule has 0 saturated carbocycles. The van der Waals surface area contributed by atoms with Crippen LogP contribution in [0.2, 0.25) is 5.02 Å². The third kappa shape index (κ3) is 1.91. The molecule has 0 unspecified atom stereocenters. The number of benzene rings is 1. The van der Waals surface area contributed by atoms with Crippen LogP contribution in [0.3, 0.4) is 0 Å². The fraction of sp³-hybridized carbons (Fsp3) is 0.0909. The van der Waals surface area contributed by atoms with Crippen LogP contribution in [-0.4, -0.2) is 5.11 Å². The Morgan fingerprint density at radius 1 is 1.38 bits per heavy atom. The maximum atomic E-state index is 13.0. The Labute approximate surface area is 101 Å². The van der Waals surface area contributed by atoms with E-state index in [9.17, 15) is 9.50 Å². The quantitative estimate of drug-likeness (QED) is 0.867. The average Bonchev–Trinajstić information content (AvgIpc) is 2.79. The van der Waals surface area contributed by atoms with Gasteiger partial charge in [0.05, 0.1) is 6.04 Å². The van der Waals surface area contributed by atoms with Gasteiger partial charge >= 0.3 is 0 Å². The van der Waals surface area contributed by atoms with Gasteiger partial charge in [-0.3, -0.25) is 0 Å². The predicted molar refractivity (Wildman–Crippen MR) is 63.4 cm³/mol. The van der Waals surface area contributed by atoms with Crippen LogP contribution in [0.4, 0.5) is 4.39 Å². The lowest BCUT2D eigenvalue weighted by Gasteiger charge is -2.13. The first-order chi connectivity index (χ1) is 7.61. The van der Waals surface area contributed by atoms with E-state index in [0.29, 0.717) is 5.56 Å². The van der Waals surface area contributed by atoms with Crippen molar-refractivity contribution in [1.29, 1.82) is 0 Å². The molecule has 1 heterocycles. The smallest absolute Gasteiger partial charge is 0.145 e. The molecule has 0 spiro atoms. The summed E-state index contributed by atoms with van der Waals surface area (Å²) in [6.07, 6.45) is 0. The highest BCUT2D eigenvalue weighted by molar-refractivity contribution is 7.10. The minimum atomic E-state index is -0.652. The third-order valence-corrected chi connectivity index (χ3v) is 3.60. The lowest BCUT2D eigenvalue weighted by Crippen LogP contribution is -2.10. The molecule has 16 heavy (non-hydrogen) atoms. The van der Waals surface area contributed by atoms with Gasteiger partial charge in [0, 0.05) is 10.4 Å².